The summed E-state index contributed by atoms with van der Waals surface area (Å²) in [5.74, 6) is -1.25. The molecule has 0 bridgehead atoms. The minimum absolute atomic E-state index is 0.169. The maximum atomic E-state index is 10.5. The standard InChI is InChI=1S/C8H6N2O6/c11-7-3-5(1-2-9(13)14)6(10(15)16)4-8(7)12/h1-4,11-12H/b2-1-. The van der Waals surface area contributed by atoms with Crippen LogP contribution in [0.1, 0.15) is 5.56 Å². The fraction of sp³-hybridized carbons (Fsp3) is 0. The summed E-state index contributed by atoms with van der Waals surface area (Å²) >= 11 is 0. The molecule has 8 nitrogen and oxygen atoms in total. The first-order valence-electron chi connectivity index (χ1n) is 3.94. The number of nitro benzene ring substituents is 1. The monoisotopic (exact) mass is 226 g/mol. The molecule has 1 rings (SSSR count). The van der Waals surface area contributed by atoms with Gasteiger partial charge in [-0.15, -0.1) is 0 Å². The summed E-state index contributed by atoms with van der Waals surface area (Å²) < 4.78 is 0. The van der Waals surface area contributed by atoms with E-state index in [4.69, 9.17) is 10.2 Å². The SMILES string of the molecule is O=[N+]([O-])/C=C\c1cc(O)c(O)cc1[N+](=O)[O-]. The van der Waals surface area contributed by atoms with Gasteiger partial charge in [-0.25, -0.2) is 0 Å². The molecule has 2 N–H and O–H groups in total. The van der Waals surface area contributed by atoms with Crippen molar-refractivity contribution in [3.8, 4) is 11.5 Å². The van der Waals surface area contributed by atoms with Gasteiger partial charge < -0.3 is 10.2 Å². The predicted molar refractivity (Wildman–Crippen MR) is 52.5 cm³/mol. The van der Waals surface area contributed by atoms with Crippen LogP contribution in [0.2, 0.25) is 0 Å². The van der Waals surface area contributed by atoms with E-state index < -0.39 is 27.0 Å². The minimum atomic E-state index is -0.821. The van der Waals surface area contributed by atoms with E-state index in [-0.39, 0.29) is 5.56 Å². The molecule has 84 valence electrons. The number of rotatable bonds is 3. The quantitative estimate of drug-likeness (QED) is 0.453. The zero-order valence-electron chi connectivity index (χ0n) is 7.73. The molecule has 0 unspecified atom stereocenters. The van der Waals surface area contributed by atoms with E-state index in [9.17, 15) is 20.2 Å². The molecule has 0 aliphatic carbocycles. The van der Waals surface area contributed by atoms with Crippen molar-refractivity contribution < 1.29 is 20.1 Å². The third kappa shape index (κ3) is 2.44. The molecule has 1 aromatic carbocycles. The van der Waals surface area contributed by atoms with Crippen molar-refractivity contribution in [2.75, 3.05) is 0 Å². The van der Waals surface area contributed by atoms with E-state index in [2.05, 4.69) is 0 Å². The van der Waals surface area contributed by atoms with Crippen LogP contribution >= 0.6 is 0 Å². The van der Waals surface area contributed by atoms with Gasteiger partial charge in [-0.05, 0) is 6.07 Å². The van der Waals surface area contributed by atoms with Crippen LogP contribution in [0.5, 0.6) is 11.5 Å². The van der Waals surface area contributed by atoms with Crippen LogP contribution in [0, 0.1) is 20.2 Å². The summed E-state index contributed by atoms with van der Waals surface area (Å²) in [7, 11) is 0. The zero-order chi connectivity index (χ0) is 12.3. The van der Waals surface area contributed by atoms with Gasteiger partial charge in [0, 0.05) is 6.08 Å². The number of nitrogens with zero attached hydrogens (tertiary/aromatic N) is 2. The number of phenols is 2. The van der Waals surface area contributed by atoms with Gasteiger partial charge in [-0.2, -0.15) is 0 Å². The molecule has 0 fully saturated rings. The minimum Gasteiger partial charge on any atom is -0.504 e. The Morgan fingerprint density at radius 3 is 2.19 bits per heavy atom. The third-order valence-electron chi connectivity index (χ3n) is 1.70. The number of phenolic OH excluding ortho intramolecular Hbond substituents is 2. The van der Waals surface area contributed by atoms with Crippen molar-refractivity contribution in [1.82, 2.24) is 0 Å². The molecule has 0 aliphatic rings. The van der Waals surface area contributed by atoms with Crippen LogP contribution in [0.3, 0.4) is 0 Å². The summed E-state index contributed by atoms with van der Waals surface area (Å²) in [6.45, 7) is 0. The van der Waals surface area contributed by atoms with Gasteiger partial charge in [-0.3, -0.25) is 20.2 Å². The van der Waals surface area contributed by atoms with E-state index in [0.29, 0.717) is 6.20 Å². The number of benzene rings is 1. The van der Waals surface area contributed by atoms with E-state index in [1.165, 1.54) is 0 Å². The molecule has 0 saturated carbocycles. The summed E-state index contributed by atoms with van der Waals surface area (Å²) in [6, 6.07) is 1.59. The van der Waals surface area contributed by atoms with Crippen molar-refractivity contribution >= 4 is 11.8 Å². The van der Waals surface area contributed by atoms with Crippen molar-refractivity contribution in [1.29, 1.82) is 0 Å². The molecule has 0 aliphatic heterocycles. The van der Waals surface area contributed by atoms with Crippen LogP contribution < -0.4 is 0 Å². The smallest absolute Gasteiger partial charge is 0.280 e. The Kier molecular flexibility index (Phi) is 3.04. The van der Waals surface area contributed by atoms with Crippen LogP contribution in [0.25, 0.3) is 6.08 Å². The molecule has 0 saturated heterocycles. The average molecular weight is 226 g/mol. The number of hydrogen-bond acceptors (Lipinski definition) is 6. The Labute approximate surface area is 88.4 Å². The fourth-order valence-corrected chi connectivity index (χ4v) is 1.01. The highest BCUT2D eigenvalue weighted by atomic mass is 16.6. The van der Waals surface area contributed by atoms with Gasteiger partial charge >= 0.3 is 0 Å². The fourth-order valence-electron chi connectivity index (χ4n) is 1.01. The second-order valence-corrected chi connectivity index (χ2v) is 2.76. The predicted octanol–water partition coefficient (Wildman–Crippen LogP) is 1.25. The highest BCUT2D eigenvalue weighted by molar-refractivity contribution is 5.65. The molecule has 0 aromatic heterocycles. The van der Waals surface area contributed by atoms with Crippen molar-refractivity contribution in [2.24, 2.45) is 0 Å². The normalized spacial score (nSPS) is 10.5. The molecule has 0 radical (unpaired) electrons. The lowest BCUT2D eigenvalue weighted by atomic mass is 10.1. The largest absolute Gasteiger partial charge is 0.504 e. The van der Waals surface area contributed by atoms with Crippen molar-refractivity contribution in [3.63, 3.8) is 0 Å². The Hall–Kier alpha value is -2.64. The highest BCUT2D eigenvalue weighted by Gasteiger charge is 2.16. The summed E-state index contributed by atoms with van der Waals surface area (Å²) in [5.41, 5.74) is -0.703. The maximum Gasteiger partial charge on any atom is 0.280 e. The first-order valence-corrected chi connectivity index (χ1v) is 3.94. The van der Waals surface area contributed by atoms with Crippen LogP contribution in [0.4, 0.5) is 5.69 Å². The van der Waals surface area contributed by atoms with Crippen LogP contribution in [-0.4, -0.2) is 20.1 Å². The topological polar surface area (TPSA) is 127 Å². The van der Waals surface area contributed by atoms with E-state index in [1.807, 2.05) is 0 Å². The Morgan fingerprint density at radius 2 is 1.69 bits per heavy atom. The Balaban J connectivity index is 3.30. The second kappa shape index (κ2) is 4.26. The Bertz CT molecular complexity index is 482. The van der Waals surface area contributed by atoms with Crippen molar-refractivity contribution in [3.05, 3.63) is 44.1 Å². The lowest BCUT2D eigenvalue weighted by molar-refractivity contribution is -0.401. The maximum absolute atomic E-state index is 10.5. The number of hydrogen-bond donors (Lipinski definition) is 2. The van der Waals surface area contributed by atoms with Gasteiger partial charge in [0.25, 0.3) is 5.69 Å². The van der Waals surface area contributed by atoms with E-state index in [1.54, 1.807) is 0 Å². The second-order valence-electron chi connectivity index (χ2n) is 2.76. The molecule has 1 aromatic rings. The lowest BCUT2D eigenvalue weighted by Gasteiger charge is -2.00. The first kappa shape index (κ1) is 11.4. The van der Waals surface area contributed by atoms with Crippen LogP contribution in [-0.2, 0) is 0 Å². The van der Waals surface area contributed by atoms with Gasteiger partial charge in [0.2, 0.25) is 6.20 Å². The molecular weight excluding hydrogens is 220 g/mol. The molecule has 8 heteroatoms. The van der Waals surface area contributed by atoms with Gasteiger partial charge in [0.05, 0.1) is 21.5 Å². The molecule has 0 atom stereocenters. The highest BCUT2D eigenvalue weighted by Crippen LogP contribution is 2.33. The number of aromatic hydroxyl groups is 2. The molecule has 0 spiro atoms. The molecular formula is C8H6N2O6. The molecule has 0 heterocycles. The third-order valence-corrected chi connectivity index (χ3v) is 1.70. The lowest BCUT2D eigenvalue weighted by Crippen LogP contribution is -1.92. The van der Waals surface area contributed by atoms with E-state index in [0.717, 1.165) is 18.2 Å². The molecule has 16 heavy (non-hydrogen) atoms. The van der Waals surface area contributed by atoms with Crippen molar-refractivity contribution in [2.45, 2.75) is 0 Å². The first-order chi connectivity index (χ1) is 7.41. The average Bonchev–Trinajstić information content (AvgIpc) is 2.18. The number of nitro groups is 2. The summed E-state index contributed by atoms with van der Waals surface area (Å²) in [6.07, 6.45) is 1.36. The van der Waals surface area contributed by atoms with Gasteiger partial charge in [-0.1, -0.05) is 0 Å². The Morgan fingerprint density at radius 1 is 1.12 bits per heavy atom. The van der Waals surface area contributed by atoms with Gasteiger partial charge in [0.1, 0.15) is 0 Å². The summed E-state index contributed by atoms with van der Waals surface area (Å²) in [5, 5.41) is 38.7. The zero-order valence-corrected chi connectivity index (χ0v) is 7.73. The summed E-state index contributed by atoms with van der Waals surface area (Å²) in [4.78, 5) is 19.0. The van der Waals surface area contributed by atoms with E-state index >= 15 is 0 Å². The van der Waals surface area contributed by atoms with Crippen LogP contribution in [0.15, 0.2) is 18.3 Å². The van der Waals surface area contributed by atoms with Gasteiger partial charge in [0.15, 0.2) is 11.5 Å². The molecule has 0 amide bonds.